The van der Waals surface area contributed by atoms with E-state index in [-0.39, 0.29) is 6.03 Å². The number of likely N-dealkylation sites (tertiary alicyclic amines) is 1. The van der Waals surface area contributed by atoms with Gasteiger partial charge in [0, 0.05) is 58.8 Å². The van der Waals surface area contributed by atoms with Crippen LogP contribution in [0.25, 0.3) is 0 Å². The lowest BCUT2D eigenvalue weighted by molar-refractivity contribution is -0.00494. The highest BCUT2D eigenvalue weighted by molar-refractivity contribution is 5.75. The molecule has 0 aromatic rings. The first kappa shape index (κ1) is 12.6. The molecule has 5 heteroatoms. The van der Waals surface area contributed by atoms with Crippen LogP contribution in [0.1, 0.15) is 0 Å². The topological polar surface area (TPSA) is 30.0 Å². The van der Waals surface area contributed by atoms with Gasteiger partial charge in [0.2, 0.25) is 0 Å². The van der Waals surface area contributed by atoms with Crippen LogP contribution < -0.4 is 0 Å². The molecule has 2 heterocycles. The number of amides is 2. The summed E-state index contributed by atoms with van der Waals surface area (Å²) < 4.78 is 0. The van der Waals surface area contributed by atoms with Crippen molar-refractivity contribution in [3.05, 3.63) is 0 Å². The lowest BCUT2D eigenvalue weighted by Crippen LogP contribution is -2.65. The van der Waals surface area contributed by atoms with Gasteiger partial charge in [0.25, 0.3) is 0 Å². The van der Waals surface area contributed by atoms with Gasteiger partial charge in [-0.2, -0.15) is 0 Å². The lowest BCUT2D eigenvalue weighted by Gasteiger charge is -2.52. The first-order valence-electron chi connectivity index (χ1n) is 6.25. The summed E-state index contributed by atoms with van der Waals surface area (Å²) in [7, 11) is 7.99. The summed E-state index contributed by atoms with van der Waals surface area (Å²) in [4.78, 5) is 20.2. The van der Waals surface area contributed by atoms with Gasteiger partial charge < -0.3 is 19.6 Å². The molecule has 98 valence electrons. The highest BCUT2D eigenvalue weighted by atomic mass is 16.2. The lowest BCUT2D eigenvalue weighted by atomic mass is 9.79. The van der Waals surface area contributed by atoms with E-state index >= 15 is 0 Å². The molecule has 0 N–H and O–H groups in total. The molecule has 17 heavy (non-hydrogen) atoms. The average molecular weight is 240 g/mol. The second kappa shape index (κ2) is 4.46. The highest BCUT2D eigenvalue weighted by Crippen LogP contribution is 2.33. The summed E-state index contributed by atoms with van der Waals surface area (Å²) in [6, 6.07) is 0.144. The average Bonchev–Trinajstić information content (AvgIpc) is 2.34. The van der Waals surface area contributed by atoms with Crippen LogP contribution in [0.4, 0.5) is 4.79 Å². The largest absolute Gasteiger partial charge is 0.331 e. The fourth-order valence-electron chi connectivity index (χ4n) is 3.08. The quantitative estimate of drug-likeness (QED) is 0.590. The highest BCUT2D eigenvalue weighted by Gasteiger charge is 2.47. The molecule has 2 saturated heterocycles. The molecule has 5 nitrogen and oxygen atoms in total. The van der Waals surface area contributed by atoms with Crippen LogP contribution in [-0.2, 0) is 0 Å². The van der Waals surface area contributed by atoms with E-state index in [0.29, 0.717) is 5.41 Å². The first-order valence-corrected chi connectivity index (χ1v) is 6.25. The minimum Gasteiger partial charge on any atom is -0.331 e. The fraction of sp³-hybridized carbons (Fsp3) is 0.917. The van der Waals surface area contributed by atoms with Crippen molar-refractivity contribution in [1.29, 1.82) is 0 Å². The molecule has 0 unspecified atom stereocenters. The molecule has 0 aromatic carbocycles. The molecular weight excluding hydrogens is 216 g/mol. The van der Waals surface area contributed by atoms with Crippen LogP contribution >= 0.6 is 0 Å². The predicted molar refractivity (Wildman–Crippen MR) is 68.1 cm³/mol. The minimum atomic E-state index is 0.144. The standard InChI is InChI=1S/C12H24N4O/c1-13(2)11(17)16-9-12(10-16)7-14(3)5-6-15(4)8-12/h5-10H2,1-4H3. The molecule has 0 aliphatic carbocycles. The number of carbonyl (C=O) groups is 1. The normalized spacial score (nSPS) is 25.5. The molecule has 1 spiro atoms. The van der Waals surface area contributed by atoms with E-state index in [9.17, 15) is 4.79 Å². The zero-order valence-corrected chi connectivity index (χ0v) is 11.4. The molecule has 2 rings (SSSR count). The van der Waals surface area contributed by atoms with Crippen molar-refractivity contribution < 1.29 is 4.79 Å². The van der Waals surface area contributed by atoms with Gasteiger partial charge in [0.15, 0.2) is 0 Å². The summed E-state index contributed by atoms with van der Waals surface area (Å²) in [6.07, 6.45) is 0. The molecule has 0 atom stereocenters. The van der Waals surface area contributed by atoms with Crippen molar-refractivity contribution in [3.8, 4) is 0 Å². The van der Waals surface area contributed by atoms with Gasteiger partial charge in [-0.25, -0.2) is 4.79 Å². The molecule has 2 aliphatic heterocycles. The van der Waals surface area contributed by atoms with Gasteiger partial charge in [-0.15, -0.1) is 0 Å². The van der Waals surface area contributed by atoms with Crippen LogP contribution in [0.3, 0.4) is 0 Å². The van der Waals surface area contributed by atoms with E-state index in [1.807, 2.05) is 19.0 Å². The Balaban J connectivity index is 1.96. The smallest absolute Gasteiger partial charge is 0.319 e. The SMILES string of the molecule is CN1CCN(C)CC2(C1)CN(C(=O)N(C)C)C2. The second-order valence-corrected chi connectivity index (χ2v) is 6.01. The summed E-state index contributed by atoms with van der Waals surface area (Å²) in [5.74, 6) is 0. The van der Waals surface area contributed by atoms with E-state index in [1.54, 1.807) is 4.90 Å². The molecule has 0 aromatic heterocycles. The predicted octanol–water partition coefficient (Wildman–Crippen LogP) is -0.153. The van der Waals surface area contributed by atoms with Gasteiger partial charge in [-0.3, -0.25) is 0 Å². The Labute approximate surface area is 104 Å². The molecular formula is C12H24N4O. The fourth-order valence-corrected chi connectivity index (χ4v) is 3.08. The molecule has 0 bridgehead atoms. The van der Waals surface area contributed by atoms with Crippen molar-refractivity contribution in [2.75, 3.05) is 67.5 Å². The van der Waals surface area contributed by atoms with Crippen molar-refractivity contribution in [3.63, 3.8) is 0 Å². The van der Waals surface area contributed by atoms with Crippen molar-refractivity contribution in [1.82, 2.24) is 19.6 Å². The van der Waals surface area contributed by atoms with Crippen LogP contribution in [0.5, 0.6) is 0 Å². The molecule has 2 amide bonds. The number of urea groups is 1. The van der Waals surface area contributed by atoms with E-state index in [4.69, 9.17) is 0 Å². The minimum absolute atomic E-state index is 0.144. The Bertz CT molecular complexity index is 285. The third-order valence-corrected chi connectivity index (χ3v) is 3.78. The maximum absolute atomic E-state index is 11.8. The zero-order chi connectivity index (χ0) is 12.6. The van der Waals surface area contributed by atoms with Crippen molar-refractivity contribution in [2.45, 2.75) is 0 Å². The monoisotopic (exact) mass is 240 g/mol. The zero-order valence-electron chi connectivity index (χ0n) is 11.4. The Morgan fingerprint density at radius 3 is 1.88 bits per heavy atom. The number of rotatable bonds is 0. The van der Waals surface area contributed by atoms with Crippen LogP contribution in [0.2, 0.25) is 0 Å². The Morgan fingerprint density at radius 2 is 1.47 bits per heavy atom. The third-order valence-electron chi connectivity index (χ3n) is 3.78. The van der Waals surface area contributed by atoms with Gasteiger partial charge in [-0.05, 0) is 14.1 Å². The molecule has 2 aliphatic rings. The molecule has 2 fully saturated rings. The van der Waals surface area contributed by atoms with E-state index in [1.165, 1.54) is 0 Å². The third kappa shape index (κ3) is 2.55. The maximum Gasteiger partial charge on any atom is 0.319 e. The van der Waals surface area contributed by atoms with Crippen molar-refractivity contribution >= 4 is 6.03 Å². The van der Waals surface area contributed by atoms with E-state index < -0.39 is 0 Å². The summed E-state index contributed by atoms with van der Waals surface area (Å²) in [5.41, 5.74) is 0.297. The van der Waals surface area contributed by atoms with Gasteiger partial charge in [0.05, 0.1) is 0 Å². The van der Waals surface area contributed by atoms with Crippen LogP contribution in [-0.4, -0.2) is 93.1 Å². The second-order valence-electron chi connectivity index (χ2n) is 6.01. The Hall–Kier alpha value is -0.810. The molecule has 0 radical (unpaired) electrons. The van der Waals surface area contributed by atoms with Gasteiger partial charge in [0.1, 0.15) is 0 Å². The number of carbonyl (C=O) groups excluding carboxylic acids is 1. The molecule has 0 saturated carbocycles. The summed E-state index contributed by atoms with van der Waals surface area (Å²) >= 11 is 0. The number of hydrogen-bond acceptors (Lipinski definition) is 3. The van der Waals surface area contributed by atoms with Crippen LogP contribution in [0.15, 0.2) is 0 Å². The van der Waals surface area contributed by atoms with E-state index in [2.05, 4.69) is 23.9 Å². The number of likely N-dealkylation sites (N-methyl/N-ethyl adjacent to an activating group) is 2. The van der Waals surface area contributed by atoms with Crippen LogP contribution in [0, 0.1) is 5.41 Å². The van der Waals surface area contributed by atoms with Gasteiger partial charge >= 0.3 is 6.03 Å². The number of nitrogens with zero attached hydrogens (tertiary/aromatic N) is 4. The Kier molecular flexibility index (Phi) is 3.32. The maximum atomic E-state index is 11.8. The summed E-state index contributed by atoms with van der Waals surface area (Å²) in [5, 5.41) is 0. The Morgan fingerprint density at radius 1 is 1.00 bits per heavy atom. The van der Waals surface area contributed by atoms with Crippen molar-refractivity contribution in [2.24, 2.45) is 5.41 Å². The number of hydrogen-bond donors (Lipinski definition) is 0. The first-order chi connectivity index (χ1) is 7.92. The van der Waals surface area contributed by atoms with Gasteiger partial charge in [-0.1, -0.05) is 0 Å². The van der Waals surface area contributed by atoms with E-state index in [0.717, 1.165) is 39.3 Å². The summed E-state index contributed by atoms with van der Waals surface area (Å²) in [6.45, 7) is 6.26.